The molecule has 0 spiro atoms. The lowest BCUT2D eigenvalue weighted by Crippen LogP contribution is -2.42. The monoisotopic (exact) mass is 208 g/mol. The Morgan fingerprint density at radius 3 is 2.80 bits per heavy atom. The zero-order valence-electron chi connectivity index (χ0n) is 9.97. The van der Waals surface area contributed by atoms with Crippen molar-refractivity contribution >= 4 is 5.84 Å². The van der Waals surface area contributed by atoms with Gasteiger partial charge in [-0.3, -0.25) is 4.99 Å². The molecule has 2 aliphatic rings. The first-order chi connectivity index (χ1) is 7.40. The summed E-state index contributed by atoms with van der Waals surface area (Å²) in [4.78, 5) is 4.60. The first-order valence-electron chi connectivity index (χ1n) is 6.70. The first kappa shape index (κ1) is 11.0. The van der Waals surface area contributed by atoms with Crippen LogP contribution in [0.3, 0.4) is 0 Å². The van der Waals surface area contributed by atoms with E-state index < -0.39 is 0 Å². The number of hydrogen-bond acceptors (Lipinski definition) is 2. The molecule has 1 aliphatic heterocycles. The van der Waals surface area contributed by atoms with E-state index in [1.165, 1.54) is 57.2 Å². The van der Waals surface area contributed by atoms with Gasteiger partial charge in [0.05, 0.1) is 5.84 Å². The first-order valence-corrected chi connectivity index (χ1v) is 6.70. The van der Waals surface area contributed by atoms with Gasteiger partial charge in [0.15, 0.2) is 0 Å². The van der Waals surface area contributed by atoms with Crippen molar-refractivity contribution < 1.29 is 0 Å². The van der Waals surface area contributed by atoms with Crippen LogP contribution in [0.1, 0.15) is 58.3 Å². The maximum absolute atomic E-state index is 4.60. The Bertz CT molecular complexity index is 223. The van der Waals surface area contributed by atoms with Crippen molar-refractivity contribution in [2.75, 3.05) is 6.54 Å². The molecule has 2 rings (SSSR count). The third kappa shape index (κ3) is 2.96. The third-order valence-electron chi connectivity index (χ3n) is 3.91. The van der Waals surface area contributed by atoms with Crippen LogP contribution in [0.5, 0.6) is 0 Å². The van der Waals surface area contributed by atoms with Crippen LogP contribution >= 0.6 is 0 Å². The van der Waals surface area contributed by atoms with Crippen molar-refractivity contribution in [2.45, 2.75) is 64.3 Å². The molecule has 0 radical (unpaired) electrons. The van der Waals surface area contributed by atoms with Gasteiger partial charge in [-0.15, -0.1) is 0 Å². The minimum atomic E-state index is 0.723. The predicted molar refractivity (Wildman–Crippen MR) is 65.3 cm³/mol. The summed E-state index contributed by atoms with van der Waals surface area (Å²) >= 11 is 0. The van der Waals surface area contributed by atoms with Gasteiger partial charge in [0, 0.05) is 19.0 Å². The molecule has 0 bridgehead atoms. The minimum absolute atomic E-state index is 0.723. The number of nitrogens with one attached hydrogen (secondary N) is 1. The summed E-state index contributed by atoms with van der Waals surface area (Å²) in [6.45, 7) is 3.37. The molecule has 86 valence electrons. The summed E-state index contributed by atoms with van der Waals surface area (Å²) in [5.41, 5.74) is 0. The van der Waals surface area contributed by atoms with Crippen LogP contribution in [0, 0.1) is 5.92 Å². The van der Waals surface area contributed by atoms with Crippen LogP contribution in [0.2, 0.25) is 0 Å². The highest BCUT2D eigenvalue weighted by Crippen LogP contribution is 2.27. The van der Waals surface area contributed by atoms with Crippen LogP contribution < -0.4 is 5.32 Å². The van der Waals surface area contributed by atoms with E-state index in [4.69, 9.17) is 0 Å². The molecule has 2 nitrogen and oxygen atoms in total. The molecule has 15 heavy (non-hydrogen) atoms. The highest BCUT2D eigenvalue weighted by molar-refractivity contribution is 5.82. The fraction of sp³-hybridized carbons (Fsp3) is 0.923. The predicted octanol–water partition coefficient (Wildman–Crippen LogP) is 3.13. The van der Waals surface area contributed by atoms with E-state index in [0.29, 0.717) is 0 Å². The topological polar surface area (TPSA) is 24.4 Å². The van der Waals surface area contributed by atoms with Crippen molar-refractivity contribution in [2.24, 2.45) is 10.9 Å². The van der Waals surface area contributed by atoms with Crippen LogP contribution in [-0.4, -0.2) is 18.4 Å². The molecule has 1 aliphatic carbocycles. The zero-order valence-corrected chi connectivity index (χ0v) is 9.97. The summed E-state index contributed by atoms with van der Waals surface area (Å²) in [7, 11) is 0. The molecule has 1 heterocycles. The molecule has 0 saturated heterocycles. The summed E-state index contributed by atoms with van der Waals surface area (Å²) in [6, 6.07) is 0.723. The second-order valence-electron chi connectivity index (χ2n) is 4.99. The molecule has 0 aromatic carbocycles. The van der Waals surface area contributed by atoms with Gasteiger partial charge in [0.2, 0.25) is 0 Å². The molecule has 1 saturated carbocycles. The second-order valence-corrected chi connectivity index (χ2v) is 4.99. The highest BCUT2D eigenvalue weighted by atomic mass is 15.0. The molecule has 2 unspecified atom stereocenters. The third-order valence-corrected chi connectivity index (χ3v) is 3.91. The average molecular weight is 208 g/mol. The standard InChI is InChI=1S/C13H24N2/c1-2-11-7-3-4-8-12(11)15-13-9-5-6-10-14-13/h11-12H,2-10H2,1H3,(H,14,15). The number of hydrogen-bond donors (Lipinski definition) is 1. The summed E-state index contributed by atoms with van der Waals surface area (Å²) in [5.74, 6) is 2.19. The summed E-state index contributed by atoms with van der Waals surface area (Å²) in [6.07, 6.45) is 10.7. The highest BCUT2D eigenvalue weighted by Gasteiger charge is 2.24. The maximum atomic E-state index is 4.60. The molecular formula is C13H24N2. The molecule has 0 amide bonds. The van der Waals surface area contributed by atoms with Gasteiger partial charge in [-0.2, -0.15) is 0 Å². The Kier molecular flexibility index (Phi) is 4.04. The molecule has 1 fully saturated rings. The van der Waals surface area contributed by atoms with Crippen LogP contribution in [0.25, 0.3) is 0 Å². The number of nitrogens with zero attached hydrogens (tertiary/aromatic N) is 1. The normalized spacial score (nSPS) is 32.2. The van der Waals surface area contributed by atoms with Crippen molar-refractivity contribution in [1.82, 2.24) is 5.32 Å². The van der Waals surface area contributed by atoms with E-state index in [9.17, 15) is 0 Å². The number of aliphatic imine (C=N–C) groups is 1. The summed E-state index contributed by atoms with van der Waals surface area (Å²) in [5, 5.41) is 3.71. The SMILES string of the molecule is CCC1CCCCC1NC1=NCCCC1. The van der Waals surface area contributed by atoms with E-state index in [0.717, 1.165) is 18.5 Å². The van der Waals surface area contributed by atoms with E-state index in [-0.39, 0.29) is 0 Å². The molecule has 1 N–H and O–H groups in total. The maximum Gasteiger partial charge on any atom is 0.0965 e. The number of rotatable bonds is 2. The minimum Gasteiger partial charge on any atom is -0.371 e. The number of amidine groups is 1. The molecular weight excluding hydrogens is 184 g/mol. The molecule has 0 aromatic rings. The second kappa shape index (κ2) is 5.53. The Hall–Kier alpha value is -0.530. The molecule has 0 aromatic heterocycles. The van der Waals surface area contributed by atoms with Gasteiger partial charge in [0.25, 0.3) is 0 Å². The van der Waals surface area contributed by atoms with Gasteiger partial charge in [-0.05, 0) is 31.6 Å². The van der Waals surface area contributed by atoms with Crippen LogP contribution in [0.15, 0.2) is 4.99 Å². The van der Waals surface area contributed by atoms with E-state index in [1.807, 2.05) is 0 Å². The quantitative estimate of drug-likeness (QED) is 0.741. The van der Waals surface area contributed by atoms with Gasteiger partial charge in [-0.1, -0.05) is 26.2 Å². The van der Waals surface area contributed by atoms with Crippen molar-refractivity contribution in [3.63, 3.8) is 0 Å². The van der Waals surface area contributed by atoms with E-state index in [2.05, 4.69) is 17.2 Å². The van der Waals surface area contributed by atoms with Crippen LogP contribution in [0.4, 0.5) is 0 Å². The van der Waals surface area contributed by atoms with Crippen LogP contribution in [-0.2, 0) is 0 Å². The van der Waals surface area contributed by atoms with Crippen molar-refractivity contribution in [1.29, 1.82) is 0 Å². The Balaban J connectivity index is 1.88. The fourth-order valence-corrected chi connectivity index (χ4v) is 2.92. The van der Waals surface area contributed by atoms with Crippen molar-refractivity contribution in [3.8, 4) is 0 Å². The van der Waals surface area contributed by atoms with E-state index >= 15 is 0 Å². The molecule has 2 heteroatoms. The molecule has 2 atom stereocenters. The lowest BCUT2D eigenvalue weighted by atomic mass is 9.83. The van der Waals surface area contributed by atoms with Gasteiger partial charge in [-0.25, -0.2) is 0 Å². The zero-order chi connectivity index (χ0) is 10.5. The van der Waals surface area contributed by atoms with Gasteiger partial charge >= 0.3 is 0 Å². The fourth-order valence-electron chi connectivity index (χ4n) is 2.92. The smallest absolute Gasteiger partial charge is 0.0965 e. The van der Waals surface area contributed by atoms with Gasteiger partial charge in [0.1, 0.15) is 0 Å². The Morgan fingerprint density at radius 1 is 1.20 bits per heavy atom. The Labute approximate surface area is 93.6 Å². The van der Waals surface area contributed by atoms with Crippen molar-refractivity contribution in [3.05, 3.63) is 0 Å². The van der Waals surface area contributed by atoms with Gasteiger partial charge < -0.3 is 5.32 Å². The summed E-state index contributed by atoms with van der Waals surface area (Å²) < 4.78 is 0. The Morgan fingerprint density at radius 2 is 2.07 bits per heavy atom. The average Bonchev–Trinajstić information content (AvgIpc) is 2.31. The largest absolute Gasteiger partial charge is 0.371 e. The lowest BCUT2D eigenvalue weighted by Gasteiger charge is -2.33. The van der Waals surface area contributed by atoms with E-state index in [1.54, 1.807) is 0 Å². The lowest BCUT2D eigenvalue weighted by molar-refractivity contribution is 0.278.